The van der Waals surface area contributed by atoms with E-state index >= 15 is 0 Å². The summed E-state index contributed by atoms with van der Waals surface area (Å²) >= 11 is 0. The second-order valence-electron chi connectivity index (χ2n) is 6.21. The highest BCUT2D eigenvalue weighted by Gasteiger charge is 2.12. The maximum Gasteiger partial charge on any atom is 0.259 e. The van der Waals surface area contributed by atoms with Crippen molar-refractivity contribution in [2.75, 3.05) is 0 Å². The lowest BCUT2D eigenvalue weighted by Crippen LogP contribution is -2.21. The molecule has 5 nitrogen and oxygen atoms in total. The molecule has 29 heavy (non-hydrogen) atoms. The van der Waals surface area contributed by atoms with Crippen LogP contribution in [0.25, 0.3) is 5.69 Å². The number of rotatable bonds is 4. The van der Waals surface area contributed by atoms with Crippen LogP contribution in [-0.4, -0.2) is 14.5 Å². The van der Waals surface area contributed by atoms with Gasteiger partial charge in [-0.25, -0.2) is 13.8 Å². The van der Waals surface area contributed by atoms with Crippen LogP contribution >= 0.6 is 0 Å². The molecule has 7 heteroatoms. The first-order valence-corrected chi connectivity index (χ1v) is 8.65. The normalized spacial score (nSPS) is 10.2. The van der Waals surface area contributed by atoms with Crippen molar-refractivity contribution >= 4 is 0 Å². The third-order valence-electron chi connectivity index (χ3n) is 4.07. The van der Waals surface area contributed by atoms with Gasteiger partial charge in [-0.15, -0.1) is 0 Å². The molecule has 0 saturated carbocycles. The van der Waals surface area contributed by atoms with Gasteiger partial charge in [0.05, 0.1) is 11.9 Å². The van der Waals surface area contributed by atoms with Gasteiger partial charge in [0.1, 0.15) is 29.6 Å². The minimum Gasteiger partial charge on any atom is -0.487 e. The Balaban J connectivity index is 1.92. The van der Waals surface area contributed by atoms with Crippen molar-refractivity contribution in [3.63, 3.8) is 0 Å². The summed E-state index contributed by atoms with van der Waals surface area (Å²) in [7, 11) is 0. The lowest BCUT2D eigenvalue weighted by molar-refractivity contribution is 0.292. The fourth-order valence-corrected chi connectivity index (χ4v) is 2.71. The van der Waals surface area contributed by atoms with Crippen molar-refractivity contribution < 1.29 is 13.5 Å². The molecular weight excluding hydrogens is 376 g/mol. The van der Waals surface area contributed by atoms with E-state index in [4.69, 9.17) is 4.74 Å². The van der Waals surface area contributed by atoms with Gasteiger partial charge in [-0.2, -0.15) is 0 Å². The predicted octanol–water partition coefficient (Wildman–Crippen LogP) is 3.64. The third kappa shape index (κ3) is 4.55. The number of aryl methyl sites for hydroxylation is 2. The number of nitrogens with zero attached hydrogens (tertiary/aromatic N) is 3. The Labute approximate surface area is 166 Å². The van der Waals surface area contributed by atoms with Crippen molar-refractivity contribution in [3.8, 4) is 23.3 Å². The molecule has 0 spiro atoms. The quantitative estimate of drug-likeness (QED) is 0.635. The molecular formula is C22H17F2N3O2. The third-order valence-corrected chi connectivity index (χ3v) is 4.07. The van der Waals surface area contributed by atoms with Crippen molar-refractivity contribution in [2.24, 2.45) is 0 Å². The number of halogens is 2. The predicted molar refractivity (Wildman–Crippen MR) is 105 cm³/mol. The summed E-state index contributed by atoms with van der Waals surface area (Å²) < 4.78 is 33.6. The van der Waals surface area contributed by atoms with Crippen molar-refractivity contribution in [2.45, 2.75) is 20.5 Å². The topological polar surface area (TPSA) is 57.0 Å². The number of pyridine rings is 3. The van der Waals surface area contributed by atoms with Gasteiger partial charge in [0.15, 0.2) is 5.82 Å². The number of allylic oxidation sites excluding steroid dienone is 1. The van der Waals surface area contributed by atoms with Crippen LogP contribution < -0.4 is 10.3 Å². The Morgan fingerprint density at radius 3 is 2.66 bits per heavy atom. The molecule has 0 fully saturated rings. The van der Waals surface area contributed by atoms with Gasteiger partial charge >= 0.3 is 0 Å². The summed E-state index contributed by atoms with van der Waals surface area (Å²) in [6.07, 6.45) is 4.01. The van der Waals surface area contributed by atoms with E-state index in [1.165, 1.54) is 16.7 Å². The standard InChI is InChI=1S/C22H17F2N3O2/c1-4-5-6-17-9-21(14(2)11-25-17)27-15(3)7-18(10-22(27)28)29-13-20-19(24)8-16(23)12-26-20/h4,7-12H,1,13H2,2-3H3. The number of hydrogen-bond donors (Lipinski definition) is 0. The first-order chi connectivity index (χ1) is 13.9. The average Bonchev–Trinajstić information content (AvgIpc) is 2.67. The maximum atomic E-state index is 13.7. The van der Waals surface area contributed by atoms with Crippen LogP contribution in [0.15, 0.2) is 54.1 Å². The summed E-state index contributed by atoms with van der Waals surface area (Å²) in [4.78, 5) is 20.6. The molecule has 0 bridgehead atoms. The van der Waals surface area contributed by atoms with Gasteiger partial charge in [0, 0.05) is 30.1 Å². The minimum absolute atomic E-state index is 0.0522. The fraction of sp³-hybridized carbons (Fsp3) is 0.136. The lowest BCUT2D eigenvalue weighted by Gasteiger charge is -2.14. The fourth-order valence-electron chi connectivity index (χ4n) is 2.71. The summed E-state index contributed by atoms with van der Waals surface area (Å²) in [6, 6.07) is 5.40. The molecule has 0 aliphatic rings. The van der Waals surface area contributed by atoms with E-state index in [1.807, 2.05) is 6.92 Å². The average molecular weight is 393 g/mol. The minimum atomic E-state index is -0.810. The van der Waals surface area contributed by atoms with Crippen LogP contribution in [0.3, 0.4) is 0 Å². The van der Waals surface area contributed by atoms with Crippen LogP contribution in [-0.2, 0) is 6.61 Å². The summed E-state index contributed by atoms with van der Waals surface area (Å²) in [5.41, 5.74) is 2.18. The molecule has 146 valence electrons. The Bertz CT molecular complexity index is 1210. The molecule has 0 atom stereocenters. The first-order valence-electron chi connectivity index (χ1n) is 8.65. The molecule has 0 radical (unpaired) electrons. The molecule has 0 aliphatic heterocycles. The molecule has 3 aromatic heterocycles. The molecule has 0 amide bonds. The molecule has 3 heterocycles. The first kappa shape index (κ1) is 20.0. The van der Waals surface area contributed by atoms with Gasteiger partial charge < -0.3 is 4.74 Å². The highest BCUT2D eigenvalue weighted by Crippen LogP contribution is 2.19. The van der Waals surface area contributed by atoms with E-state index in [0.717, 1.165) is 17.8 Å². The molecule has 3 rings (SSSR count). The van der Waals surface area contributed by atoms with Crippen LogP contribution in [0, 0.1) is 37.3 Å². The van der Waals surface area contributed by atoms with Crippen molar-refractivity contribution in [3.05, 3.63) is 93.9 Å². The van der Waals surface area contributed by atoms with E-state index in [0.29, 0.717) is 17.1 Å². The van der Waals surface area contributed by atoms with Gasteiger partial charge in [-0.3, -0.25) is 14.3 Å². The zero-order chi connectivity index (χ0) is 21.0. The Morgan fingerprint density at radius 2 is 1.97 bits per heavy atom. The second-order valence-corrected chi connectivity index (χ2v) is 6.21. The summed E-state index contributed by atoms with van der Waals surface area (Å²) in [5, 5.41) is 0. The summed E-state index contributed by atoms with van der Waals surface area (Å²) in [6.45, 7) is 6.90. The lowest BCUT2D eigenvalue weighted by atomic mass is 10.2. The van der Waals surface area contributed by atoms with Crippen LogP contribution in [0.4, 0.5) is 8.78 Å². The summed E-state index contributed by atoms with van der Waals surface area (Å²) in [5.74, 6) is 4.25. The van der Waals surface area contributed by atoms with Gasteiger partial charge in [0.25, 0.3) is 5.56 Å². The molecule has 3 aromatic rings. The monoisotopic (exact) mass is 393 g/mol. The maximum absolute atomic E-state index is 13.7. The van der Waals surface area contributed by atoms with E-state index < -0.39 is 11.6 Å². The second kappa shape index (κ2) is 8.48. The van der Waals surface area contributed by atoms with Gasteiger partial charge in [-0.05, 0) is 37.5 Å². The van der Waals surface area contributed by atoms with Gasteiger partial charge in [0.2, 0.25) is 0 Å². The zero-order valence-electron chi connectivity index (χ0n) is 15.9. The van der Waals surface area contributed by atoms with Crippen molar-refractivity contribution in [1.82, 2.24) is 14.5 Å². The largest absolute Gasteiger partial charge is 0.487 e. The molecule has 0 N–H and O–H groups in total. The molecule has 0 unspecified atom stereocenters. The smallest absolute Gasteiger partial charge is 0.259 e. The number of hydrogen-bond acceptors (Lipinski definition) is 4. The van der Waals surface area contributed by atoms with Crippen molar-refractivity contribution in [1.29, 1.82) is 0 Å². The number of aromatic nitrogens is 3. The van der Waals surface area contributed by atoms with Crippen LogP contribution in [0.1, 0.15) is 22.6 Å². The van der Waals surface area contributed by atoms with Gasteiger partial charge in [-0.1, -0.05) is 12.5 Å². The molecule has 0 aromatic carbocycles. The van der Waals surface area contributed by atoms with E-state index in [-0.39, 0.29) is 23.6 Å². The zero-order valence-corrected chi connectivity index (χ0v) is 15.9. The van der Waals surface area contributed by atoms with Crippen LogP contribution in [0.2, 0.25) is 0 Å². The Hall–Kier alpha value is -3.79. The molecule has 0 aliphatic carbocycles. The number of ether oxygens (including phenoxy) is 1. The Morgan fingerprint density at radius 1 is 1.17 bits per heavy atom. The molecule has 0 saturated heterocycles. The van der Waals surface area contributed by atoms with E-state index in [1.54, 1.807) is 25.3 Å². The highest BCUT2D eigenvalue weighted by molar-refractivity contribution is 5.47. The van der Waals surface area contributed by atoms with E-state index in [9.17, 15) is 13.6 Å². The SMILES string of the molecule is C=CC#Cc1cc(-n2c(C)cc(OCc3ncc(F)cc3F)cc2=O)c(C)cn1. The highest BCUT2D eigenvalue weighted by atomic mass is 19.1. The van der Waals surface area contributed by atoms with Crippen LogP contribution in [0.5, 0.6) is 5.75 Å². The Kier molecular flexibility index (Phi) is 5.84. The van der Waals surface area contributed by atoms with E-state index in [2.05, 4.69) is 28.4 Å².